The molecule has 9 nitrogen and oxygen atoms in total. The number of nitrogens with one attached hydrogen (secondary N) is 1. The zero-order valence-corrected chi connectivity index (χ0v) is 17.0. The van der Waals surface area contributed by atoms with Crippen LogP contribution in [0.15, 0.2) is 35.4 Å². The molecule has 0 spiro atoms. The summed E-state index contributed by atoms with van der Waals surface area (Å²) < 4.78 is 33.1. The minimum atomic E-state index is -3.68. The van der Waals surface area contributed by atoms with E-state index in [0.717, 1.165) is 19.3 Å². The second-order valence-corrected chi connectivity index (χ2v) is 8.72. The van der Waals surface area contributed by atoms with Gasteiger partial charge in [0.15, 0.2) is 5.75 Å². The molecule has 156 valence electrons. The maximum Gasteiger partial charge on any atom is 0.341 e. The number of benzene rings is 1. The largest absolute Gasteiger partial charge is 0.505 e. The number of amides is 1. The number of esters is 1. The third kappa shape index (κ3) is 4.13. The van der Waals surface area contributed by atoms with Gasteiger partial charge in [0.05, 0.1) is 12.8 Å². The summed E-state index contributed by atoms with van der Waals surface area (Å²) in [6, 6.07) is 5.58. The quantitative estimate of drug-likeness (QED) is 0.563. The lowest BCUT2D eigenvalue weighted by molar-refractivity contribution is 0.0597. The third-order valence-corrected chi connectivity index (χ3v) is 6.72. The Morgan fingerprint density at radius 2 is 1.86 bits per heavy atom. The minimum Gasteiger partial charge on any atom is -0.505 e. The van der Waals surface area contributed by atoms with Gasteiger partial charge in [-0.25, -0.2) is 13.2 Å². The molecule has 3 rings (SSSR count). The van der Waals surface area contributed by atoms with Gasteiger partial charge in [-0.15, -0.1) is 0 Å². The van der Waals surface area contributed by atoms with Crippen molar-refractivity contribution in [2.24, 2.45) is 7.05 Å². The van der Waals surface area contributed by atoms with Crippen LogP contribution in [0.5, 0.6) is 5.75 Å². The van der Waals surface area contributed by atoms with Gasteiger partial charge in [0.2, 0.25) is 10.0 Å². The summed E-state index contributed by atoms with van der Waals surface area (Å²) in [7, 11) is -0.931. The minimum absolute atomic E-state index is 0.0135. The molecular weight excluding hydrogens is 398 g/mol. The number of anilines is 1. The molecule has 0 unspecified atom stereocenters. The average Bonchev–Trinajstić information content (AvgIpc) is 3.12. The number of methoxy groups -OCH3 is 1. The zero-order chi connectivity index (χ0) is 21.2. The zero-order valence-electron chi connectivity index (χ0n) is 16.2. The predicted molar refractivity (Wildman–Crippen MR) is 105 cm³/mol. The van der Waals surface area contributed by atoms with Crippen LogP contribution in [-0.2, 0) is 21.8 Å². The number of nitrogens with zero attached hydrogens (tertiary/aromatic N) is 2. The van der Waals surface area contributed by atoms with Crippen molar-refractivity contribution in [3.8, 4) is 5.75 Å². The summed E-state index contributed by atoms with van der Waals surface area (Å²) in [5.74, 6) is -1.79. The normalized spacial score (nSPS) is 15.1. The molecule has 1 fully saturated rings. The van der Waals surface area contributed by atoms with Crippen LogP contribution in [0.4, 0.5) is 5.69 Å². The molecule has 1 aromatic heterocycles. The molecule has 1 amide bonds. The van der Waals surface area contributed by atoms with Crippen LogP contribution in [0.1, 0.15) is 40.1 Å². The van der Waals surface area contributed by atoms with Gasteiger partial charge >= 0.3 is 5.97 Å². The Balaban J connectivity index is 1.85. The number of hydrogen-bond donors (Lipinski definition) is 2. The second-order valence-electron chi connectivity index (χ2n) is 6.78. The number of aromatic nitrogens is 1. The lowest BCUT2D eigenvalue weighted by Gasteiger charge is -2.25. The van der Waals surface area contributed by atoms with Crippen molar-refractivity contribution in [2.45, 2.75) is 24.2 Å². The Hall–Kier alpha value is -2.85. The molecule has 0 radical (unpaired) electrons. The molecule has 10 heteroatoms. The Labute approximate surface area is 168 Å². The molecule has 1 aliphatic heterocycles. The number of sulfonamides is 1. The van der Waals surface area contributed by atoms with E-state index < -0.39 is 27.6 Å². The molecule has 1 saturated heterocycles. The lowest BCUT2D eigenvalue weighted by Crippen LogP contribution is -2.35. The van der Waals surface area contributed by atoms with E-state index in [9.17, 15) is 23.1 Å². The predicted octanol–water partition coefficient (Wildman–Crippen LogP) is 1.94. The molecule has 29 heavy (non-hydrogen) atoms. The van der Waals surface area contributed by atoms with Crippen LogP contribution in [0.25, 0.3) is 0 Å². The van der Waals surface area contributed by atoms with Gasteiger partial charge in [0.25, 0.3) is 5.91 Å². The number of piperidine rings is 1. The number of para-hydroxylation sites is 1. The summed E-state index contributed by atoms with van der Waals surface area (Å²) in [6.07, 6.45) is 4.02. The molecule has 0 atom stereocenters. The molecule has 2 aromatic rings. The highest BCUT2D eigenvalue weighted by Crippen LogP contribution is 2.29. The molecule has 1 aliphatic rings. The van der Waals surface area contributed by atoms with Gasteiger partial charge in [0.1, 0.15) is 16.2 Å². The number of ether oxygens (including phenoxy) is 1. The first kappa shape index (κ1) is 20.9. The number of phenolic OH excluding ortho intramolecular Hbond substituents is 1. The van der Waals surface area contributed by atoms with Crippen molar-refractivity contribution in [2.75, 3.05) is 25.5 Å². The number of carbonyl (C=O) groups is 2. The van der Waals surface area contributed by atoms with Crippen LogP contribution in [0.2, 0.25) is 0 Å². The number of hydrogen-bond acceptors (Lipinski definition) is 6. The Morgan fingerprint density at radius 3 is 2.52 bits per heavy atom. The summed E-state index contributed by atoms with van der Waals surface area (Å²) in [5, 5.41) is 12.7. The fourth-order valence-corrected chi connectivity index (χ4v) is 4.85. The van der Waals surface area contributed by atoms with Gasteiger partial charge in [0, 0.05) is 26.3 Å². The summed E-state index contributed by atoms with van der Waals surface area (Å²) >= 11 is 0. The Bertz CT molecular complexity index is 1040. The molecule has 2 heterocycles. The van der Waals surface area contributed by atoms with Crippen LogP contribution in [-0.4, -0.2) is 54.5 Å². The highest BCUT2D eigenvalue weighted by molar-refractivity contribution is 7.89. The van der Waals surface area contributed by atoms with Crippen LogP contribution in [0, 0.1) is 0 Å². The van der Waals surface area contributed by atoms with Crippen LogP contribution in [0.3, 0.4) is 0 Å². The van der Waals surface area contributed by atoms with Crippen LogP contribution >= 0.6 is 0 Å². The highest BCUT2D eigenvalue weighted by Gasteiger charge is 2.28. The van der Waals surface area contributed by atoms with Gasteiger partial charge in [-0.2, -0.15) is 4.31 Å². The Kier molecular flexibility index (Phi) is 5.94. The van der Waals surface area contributed by atoms with Crippen molar-refractivity contribution in [1.82, 2.24) is 8.87 Å². The van der Waals surface area contributed by atoms with Gasteiger partial charge < -0.3 is 19.7 Å². The topological polar surface area (TPSA) is 118 Å². The summed E-state index contributed by atoms with van der Waals surface area (Å²) in [5.41, 5.74) is 0.0218. The molecule has 0 bridgehead atoms. The van der Waals surface area contributed by atoms with Crippen molar-refractivity contribution in [3.05, 3.63) is 41.7 Å². The standard InChI is InChI=1S/C19H23N3O6S/c1-21-12-13(29(26,27)22-9-4-3-5-10-22)11-16(21)18(24)20-15-8-6-7-14(17(15)23)19(25)28-2/h6-8,11-12,23H,3-5,9-10H2,1-2H3,(H,20,24). The molecular formula is C19H23N3O6S. The second kappa shape index (κ2) is 8.26. The van der Waals surface area contributed by atoms with Crippen LogP contribution < -0.4 is 5.32 Å². The molecule has 2 N–H and O–H groups in total. The fourth-order valence-electron chi connectivity index (χ4n) is 3.26. The van der Waals surface area contributed by atoms with E-state index in [2.05, 4.69) is 10.1 Å². The van der Waals surface area contributed by atoms with Gasteiger partial charge in [-0.05, 0) is 31.0 Å². The van der Waals surface area contributed by atoms with Crippen molar-refractivity contribution < 1.29 is 27.9 Å². The maximum absolute atomic E-state index is 12.8. The highest BCUT2D eigenvalue weighted by atomic mass is 32.2. The number of rotatable bonds is 5. The van der Waals surface area contributed by atoms with Gasteiger partial charge in [-0.1, -0.05) is 12.5 Å². The van der Waals surface area contributed by atoms with Crippen molar-refractivity contribution in [3.63, 3.8) is 0 Å². The first-order valence-corrected chi connectivity index (χ1v) is 10.6. The maximum atomic E-state index is 12.8. The monoisotopic (exact) mass is 421 g/mol. The first-order chi connectivity index (χ1) is 13.8. The number of aromatic hydroxyl groups is 1. The van der Waals surface area contributed by atoms with Gasteiger partial charge in [-0.3, -0.25) is 4.79 Å². The van der Waals surface area contributed by atoms with E-state index in [0.29, 0.717) is 13.1 Å². The van der Waals surface area contributed by atoms with E-state index >= 15 is 0 Å². The average molecular weight is 421 g/mol. The van der Waals surface area contributed by atoms with Crippen molar-refractivity contribution >= 4 is 27.6 Å². The number of aryl methyl sites for hydroxylation is 1. The molecule has 1 aromatic carbocycles. The fraction of sp³-hybridized carbons (Fsp3) is 0.368. The molecule has 0 saturated carbocycles. The Morgan fingerprint density at radius 1 is 1.17 bits per heavy atom. The lowest BCUT2D eigenvalue weighted by atomic mass is 10.1. The van der Waals surface area contributed by atoms with E-state index in [1.165, 1.54) is 46.4 Å². The smallest absolute Gasteiger partial charge is 0.341 e. The first-order valence-electron chi connectivity index (χ1n) is 9.14. The van der Waals surface area contributed by atoms with Crippen molar-refractivity contribution in [1.29, 1.82) is 0 Å². The SMILES string of the molecule is COC(=O)c1cccc(NC(=O)c2cc(S(=O)(=O)N3CCCCC3)cn2C)c1O. The van der Waals surface area contributed by atoms with E-state index in [4.69, 9.17) is 0 Å². The number of carbonyl (C=O) groups excluding carboxylic acids is 2. The van der Waals surface area contributed by atoms with E-state index in [1.807, 2.05) is 0 Å². The summed E-state index contributed by atoms with van der Waals surface area (Å²) in [6.45, 7) is 0.930. The molecule has 0 aliphatic carbocycles. The number of phenols is 1. The third-order valence-electron chi connectivity index (χ3n) is 4.85. The van der Waals surface area contributed by atoms with E-state index in [-0.39, 0.29) is 21.8 Å². The summed E-state index contributed by atoms with van der Waals surface area (Å²) in [4.78, 5) is 24.4. The van der Waals surface area contributed by atoms with E-state index in [1.54, 1.807) is 7.05 Å².